The second kappa shape index (κ2) is 6.94. The topological polar surface area (TPSA) is 61.2 Å². The molecule has 0 unspecified atom stereocenters. The first-order chi connectivity index (χ1) is 10.4. The Morgan fingerprint density at radius 3 is 2.55 bits per heavy atom. The largest absolute Gasteiger partial charge is 0.462 e. The maximum atomic E-state index is 12.4. The average Bonchev–Trinajstić information content (AvgIpc) is 2.46. The van der Waals surface area contributed by atoms with Crippen LogP contribution in [0.1, 0.15) is 28.5 Å². The van der Waals surface area contributed by atoms with Gasteiger partial charge in [-0.3, -0.25) is 4.79 Å². The zero-order chi connectivity index (χ0) is 16.3. The van der Waals surface area contributed by atoms with Crippen molar-refractivity contribution in [1.29, 1.82) is 0 Å². The van der Waals surface area contributed by atoms with Crippen LogP contribution in [0, 0.1) is 6.92 Å². The monoisotopic (exact) mass is 340 g/mol. The standard InChI is InChI=1S/C15H14Cl2N2O3/c1-3-22-15(21)10-7-9(2)18-19(14(10)20)8-11-12(16)5-4-6-13(11)17/h4-7H,3,8H2,1-2H3. The molecule has 22 heavy (non-hydrogen) atoms. The van der Waals surface area contributed by atoms with E-state index in [1.54, 1.807) is 32.0 Å². The van der Waals surface area contributed by atoms with Crippen molar-refractivity contribution in [2.24, 2.45) is 0 Å². The number of rotatable bonds is 4. The summed E-state index contributed by atoms with van der Waals surface area (Å²) >= 11 is 12.2. The Bertz CT molecular complexity index is 752. The highest BCUT2D eigenvalue weighted by molar-refractivity contribution is 6.35. The van der Waals surface area contributed by atoms with E-state index in [2.05, 4.69) is 5.10 Å². The molecule has 0 saturated carbocycles. The number of aryl methyl sites for hydroxylation is 1. The number of carbonyl (C=O) groups is 1. The van der Waals surface area contributed by atoms with Crippen molar-refractivity contribution in [2.45, 2.75) is 20.4 Å². The highest BCUT2D eigenvalue weighted by atomic mass is 35.5. The molecule has 0 atom stereocenters. The molecule has 0 amide bonds. The van der Waals surface area contributed by atoms with Gasteiger partial charge in [0.15, 0.2) is 0 Å². The number of esters is 1. The van der Waals surface area contributed by atoms with E-state index in [0.717, 1.165) is 4.68 Å². The van der Waals surface area contributed by atoms with Gasteiger partial charge in [-0.1, -0.05) is 29.3 Å². The number of halogens is 2. The minimum atomic E-state index is -0.669. The normalized spacial score (nSPS) is 10.5. The fraction of sp³-hybridized carbons (Fsp3) is 0.267. The van der Waals surface area contributed by atoms with Crippen LogP contribution in [0.15, 0.2) is 29.1 Å². The minimum absolute atomic E-state index is 0.0578. The van der Waals surface area contributed by atoms with E-state index in [9.17, 15) is 9.59 Å². The van der Waals surface area contributed by atoms with Crippen LogP contribution in [0.3, 0.4) is 0 Å². The molecule has 0 aliphatic rings. The predicted octanol–water partition coefficient (Wildman–Crippen LogP) is 3.08. The summed E-state index contributed by atoms with van der Waals surface area (Å²) < 4.78 is 6.05. The highest BCUT2D eigenvalue weighted by Gasteiger charge is 2.17. The smallest absolute Gasteiger partial charge is 0.343 e. The molecule has 0 bridgehead atoms. The molecule has 0 radical (unpaired) electrons. The lowest BCUT2D eigenvalue weighted by molar-refractivity contribution is 0.0523. The van der Waals surface area contributed by atoms with Crippen molar-refractivity contribution in [3.63, 3.8) is 0 Å². The Labute approximate surface area is 137 Å². The summed E-state index contributed by atoms with van der Waals surface area (Å²) in [5.41, 5.74) is 0.490. The highest BCUT2D eigenvalue weighted by Crippen LogP contribution is 2.24. The Morgan fingerprint density at radius 1 is 1.32 bits per heavy atom. The molecule has 2 rings (SSSR count). The van der Waals surface area contributed by atoms with Gasteiger partial charge in [0.25, 0.3) is 5.56 Å². The van der Waals surface area contributed by atoms with Crippen LogP contribution in [-0.4, -0.2) is 22.4 Å². The van der Waals surface area contributed by atoms with Gasteiger partial charge in [0.2, 0.25) is 0 Å². The van der Waals surface area contributed by atoms with Crippen LogP contribution in [0.2, 0.25) is 10.0 Å². The van der Waals surface area contributed by atoms with Crippen molar-refractivity contribution in [1.82, 2.24) is 9.78 Å². The van der Waals surface area contributed by atoms with Gasteiger partial charge in [0.05, 0.1) is 18.8 Å². The van der Waals surface area contributed by atoms with Gasteiger partial charge < -0.3 is 4.74 Å². The molecule has 0 N–H and O–H groups in total. The van der Waals surface area contributed by atoms with E-state index < -0.39 is 11.5 Å². The summed E-state index contributed by atoms with van der Waals surface area (Å²) in [6, 6.07) is 6.47. The average molecular weight is 341 g/mol. The van der Waals surface area contributed by atoms with Crippen LogP contribution in [-0.2, 0) is 11.3 Å². The third-order valence-corrected chi connectivity index (χ3v) is 3.67. The van der Waals surface area contributed by atoms with E-state index in [4.69, 9.17) is 27.9 Å². The summed E-state index contributed by atoms with van der Waals surface area (Å²) in [5, 5.41) is 4.99. The van der Waals surface area contributed by atoms with Gasteiger partial charge in [-0.25, -0.2) is 9.48 Å². The number of hydrogen-bond acceptors (Lipinski definition) is 4. The molecule has 116 valence electrons. The summed E-state index contributed by atoms with van der Waals surface area (Å²) in [4.78, 5) is 24.2. The van der Waals surface area contributed by atoms with Gasteiger partial charge in [-0.05, 0) is 32.0 Å². The third kappa shape index (κ3) is 3.48. The molecule has 1 heterocycles. The van der Waals surface area contributed by atoms with Crippen molar-refractivity contribution in [3.05, 3.63) is 61.5 Å². The van der Waals surface area contributed by atoms with Gasteiger partial charge in [-0.15, -0.1) is 0 Å². The number of ether oxygens (including phenoxy) is 1. The fourth-order valence-electron chi connectivity index (χ4n) is 1.97. The number of nitrogens with zero attached hydrogens (tertiary/aromatic N) is 2. The second-order valence-electron chi connectivity index (χ2n) is 4.58. The van der Waals surface area contributed by atoms with Crippen LogP contribution in [0.4, 0.5) is 0 Å². The zero-order valence-corrected chi connectivity index (χ0v) is 13.6. The first kappa shape index (κ1) is 16.5. The van der Waals surface area contributed by atoms with Gasteiger partial charge in [0, 0.05) is 15.6 Å². The first-order valence-corrected chi connectivity index (χ1v) is 7.38. The summed E-state index contributed by atoms with van der Waals surface area (Å²) in [7, 11) is 0. The van der Waals surface area contributed by atoms with Crippen molar-refractivity contribution >= 4 is 29.2 Å². The molecule has 5 nitrogen and oxygen atoms in total. The van der Waals surface area contributed by atoms with Crippen molar-refractivity contribution in [3.8, 4) is 0 Å². The Kier molecular flexibility index (Phi) is 5.21. The Morgan fingerprint density at radius 2 is 1.95 bits per heavy atom. The van der Waals surface area contributed by atoms with Gasteiger partial charge in [-0.2, -0.15) is 5.10 Å². The zero-order valence-electron chi connectivity index (χ0n) is 12.1. The van der Waals surface area contributed by atoms with Crippen LogP contribution in [0.25, 0.3) is 0 Å². The lowest BCUT2D eigenvalue weighted by Crippen LogP contribution is -2.30. The van der Waals surface area contributed by atoms with Crippen molar-refractivity contribution in [2.75, 3.05) is 6.61 Å². The first-order valence-electron chi connectivity index (χ1n) is 6.62. The molecular weight excluding hydrogens is 327 g/mol. The summed E-state index contributed by atoms with van der Waals surface area (Å²) in [6.45, 7) is 3.63. The van der Waals surface area contributed by atoms with Crippen LogP contribution in [0.5, 0.6) is 0 Å². The molecule has 0 fully saturated rings. The lowest BCUT2D eigenvalue weighted by Gasteiger charge is -2.11. The molecular formula is C15H14Cl2N2O3. The maximum absolute atomic E-state index is 12.4. The fourth-order valence-corrected chi connectivity index (χ4v) is 2.49. The van der Waals surface area contributed by atoms with E-state index in [0.29, 0.717) is 21.3 Å². The summed E-state index contributed by atoms with van der Waals surface area (Å²) in [5.74, 6) is -0.669. The molecule has 0 aliphatic carbocycles. The molecule has 2 aromatic rings. The predicted molar refractivity (Wildman–Crippen MR) is 84.8 cm³/mol. The van der Waals surface area contributed by atoms with Gasteiger partial charge >= 0.3 is 5.97 Å². The quantitative estimate of drug-likeness (QED) is 0.802. The van der Waals surface area contributed by atoms with Crippen molar-refractivity contribution < 1.29 is 9.53 Å². The number of carbonyl (C=O) groups excluding carboxylic acids is 1. The number of hydrogen-bond donors (Lipinski definition) is 0. The SMILES string of the molecule is CCOC(=O)c1cc(C)nn(Cc2c(Cl)cccc2Cl)c1=O. The molecule has 7 heteroatoms. The lowest BCUT2D eigenvalue weighted by atomic mass is 10.2. The number of aromatic nitrogens is 2. The molecule has 1 aromatic carbocycles. The summed E-state index contributed by atoms with van der Waals surface area (Å²) in [6.07, 6.45) is 0. The Balaban J connectivity index is 2.48. The second-order valence-corrected chi connectivity index (χ2v) is 5.40. The maximum Gasteiger partial charge on any atom is 0.343 e. The molecule has 0 saturated heterocycles. The molecule has 0 aliphatic heterocycles. The van der Waals surface area contributed by atoms with E-state index in [1.807, 2.05) is 0 Å². The van der Waals surface area contributed by atoms with Crippen LogP contribution >= 0.6 is 23.2 Å². The van der Waals surface area contributed by atoms with Crippen LogP contribution < -0.4 is 5.56 Å². The third-order valence-electron chi connectivity index (χ3n) is 2.96. The minimum Gasteiger partial charge on any atom is -0.462 e. The van der Waals surface area contributed by atoms with E-state index in [1.165, 1.54) is 6.07 Å². The van der Waals surface area contributed by atoms with Gasteiger partial charge in [0.1, 0.15) is 5.56 Å². The van der Waals surface area contributed by atoms with E-state index >= 15 is 0 Å². The van der Waals surface area contributed by atoms with E-state index in [-0.39, 0.29) is 18.7 Å². The molecule has 1 aromatic heterocycles. The molecule has 0 spiro atoms. The Hall–Kier alpha value is -1.85. The number of benzene rings is 1.